The van der Waals surface area contributed by atoms with Gasteiger partial charge in [0, 0.05) is 32.3 Å². The van der Waals surface area contributed by atoms with Crippen molar-refractivity contribution < 1.29 is 9.47 Å². The Bertz CT molecular complexity index is 901. The van der Waals surface area contributed by atoms with Crippen molar-refractivity contribution in [3.8, 4) is 22.4 Å². The number of hydrogen-bond donors (Lipinski definition) is 1. The molecule has 148 valence electrons. The second kappa shape index (κ2) is 9.53. The van der Waals surface area contributed by atoms with Gasteiger partial charge in [0.1, 0.15) is 5.82 Å². The van der Waals surface area contributed by atoms with Gasteiger partial charge >= 0.3 is 0 Å². The molecule has 0 atom stereocenters. The van der Waals surface area contributed by atoms with Gasteiger partial charge in [-0.05, 0) is 36.1 Å². The van der Waals surface area contributed by atoms with E-state index in [1.807, 2.05) is 11.7 Å². The van der Waals surface area contributed by atoms with Crippen LogP contribution < -0.4 is 5.32 Å². The summed E-state index contributed by atoms with van der Waals surface area (Å²) in [6, 6.07) is 17.2. The molecule has 0 bridgehead atoms. The van der Waals surface area contributed by atoms with Crippen LogP contribution >= 0.6 is 0 Å². The van der Waals surface area contributed by atoms with Crippen LogP contribution in [0.3, 0.4) is 0 Å². The molecule has 3 aromatic rings. The number of nitrogens with one attached hydrogen (secondary N) is 1. The highest BCUT2D eigenvalue weighted by molar-refractivity contribution is 5.70. The molecule has 1 heterocycles. The van der Waals surface area contributed by atoms with Crippen LogP contribution in [0.15, 0.2) is 48.5 Å². The van der Waals surface area contributed by atoms with Crippen LogP contribution in [0.25, 0.3) is 22.4 Å². The highest BCUT2D eigenvalue weighted by atomic mass is 16.5. The molecule has 28 heavy (non-hydrogen) atoms. The van der Waals surface area contributed by atoms with E-state index >= 15 is 0 Å². The monoisotopic (exact) mass is 379 g/mol. The first-order valence-electron chi connectivity index (χ1n) is 9.61. The zero-order valence-corrected chi connectivity index (χ0v) is 17.2. The summed E-state index contributed by atoms with van der Waals surface area (Å²) in [4.78, 5) is 0. The minimum Gasteiger partial charge on any atom is -0.382 e. The second-order valence-corrected chi connectivity index (χ2v) is 6.95. The van der Waals surface area contributed by atoms with Crippen molar-refractivity contribution in [2.24, 2.45) is 7.05 Å². The third kappa shape index (κ3) is 5.00. The highest BCUT2D eigenvalue weighted by Gasteiger charge is 2.08. The van der Waals surface area contributed by atoms with Crippen LogP contribution in [0.5, 0.6) is 0 Å². The molecular weight excluding hydrogens is 350 g/mol. The molecule has 0 spiro atoms. The summed E-state index contributed by atoms with van der Waals surface area (Å²) in [6.45, 7) is 6.89. The lowest BCUT2D eigenvalue weighted by atomic mass is 9.99. The van der Waals surface area contributed by atoms with Crippen LogP contribution in [0.2, 0.25) is 0 Å². The average Bonchev–Trinajstić information content (AvgIpc) is 3.07. The molecule has 0 saturated carbocycles. The molecule has 0 unspecified atom stereocenters. The maximum Gasteiger partial charge on any atom is 0.124 e. The zero-order chi connectivity index (χ0) is 19.9. The van der Waals surface area contributed by atoms with E-state index in [4.69, 9.17) is 9.47 Å². The number of nitrogens with zero attached hydrogens (tertiary/aromatic N) is 2. The van der Waals surface area contributed by atoms with Crippen molar-refractivity contribution in [3.63, 3.8) is 0 Å². The fourth-order valence-corrected chi connectivity index (χ4v) is 3.02. The van der Waals surface area contributed by atoms with Gasteiger partial charge in [0.15, 0.2) is 0 Å². The molecule has 0 fully saturated rings. The van der Waals surface area contributed by atoms with Crippen LogP contribution in [0, 0.1) is 13.8 Å². The van der Waals surface area contributed by atoms with E-state index in [1.54, 1.807) is 7.11 Å². The number of benzene rings is 2. The van der Waals surface area contributed by atoms with Gasteiger partial charge in [0.2, 0.25) is 0 Å². The largest absolute Gasteiger partial charge is 0.382 e. The molecule has 0 aliphatic carbocycles. The molecule has 0 amide bonds. The Hall–Kier alpha value is -2.63. The maximum atomic E-state index is 5.48. The van der Waals surface area contributed by atoms with Crippen LogP contribution in [-0.4, -0.2) is 43.3 Å². The Kier molecular flexibility index (Phi) is 6.85. The number of hydrogen-bond acceptors (Lipinski definition) is 4. The Balaban J connectivity index is 1.64. The summed E-state index contributed by atoms with van der Waals surface area (Å²) < 4.78 is 12.3. The Morgan fingerprint density at radius 1 is 0.857 bits per heavy atom. The summed E-state index contributed by atoms with van der Waals surface area (Å²) in [5, 5.41) is 7.99. The topological polar surface area (TPSA) is 48.3 Å². The van der Waals surface area contributed by atoms with Gasteiger partial charge < -0.3 is 14.8 Å². The third-order valence-electron chi connectivity index (χ3n) is 4.89. The number of aromatic nitrogens is 2. The van der Waals surface area contributed by atoms with Gasteiger partial charge in [0.25, 0.3) is 0 Å². The van der Waals surface area contributed by atoms with E-state index < -0.39 is 0 Å². The van der Waals surface area contributed by atoms with Crippen molar-refractivity contribution in [1.29, 1.82) is 0 Å². The first-order chi connectivity index (χ1) is 13.6. The quantitative estimate of drug-likeness (QED) is 0.558. The smallest absolute Gasteiger partial charge is 0.124 e. The predicted octanol–water partition coefficient (Wildman–Crippen LogP) is 4.45. The Morgan fingerprint density at radius 3 is 2.29 bits per heavy atom. The molecule has 1 N–H and O–H groups in total. The van der Waals surface area contributed by atoms with Crippen LogP contribution in [0.4, 0.5) is 5.82 Å². The lowest BCUT2D eigenvalue weighted by molar-refractivity contribution is 0.0759. The van der Waals surface area contributed by atoms with E-state index in [0.29, 0.717) is 19.8 Å². The van der Waals surface area contributed by atoms with Crippen molar-refractivity contribution in [2.45, 2.75) is 13.8 Å². The minimum absolute atomic E-state index is 0.613. The summed E-state index contributed by atoms with van der Waals surface area (Å²) in [7, 11) is 3.62. The van der Waals surface area contributed by atoms with Gasteiger partial charge in [-0.25, -0.2) is 0 Å². The summed E-state index contributed by atoms with van der Waals surface area (Å²) in [5.74, 6) is 0.976. The Morgan fingerprint density at radius 2 is 1.57 bits per heavy atom. The standard InChI is InChI=1S/C23H29N3O2/c1-17-5-6-21(15-18(17)2)19-7-9-20(10-8-19)22-16-23(26(3)25-22)24-11-12-28-14-13-27-4/h5-10,15-16,24H,11-14H2,1-4H3. The lowest BCUT2D eigenvalue weighted by Gasteiger charge is -2.06. The number of rotatable bonds is 9. The van der Waals surface area contributed by atoms with E-state index in [-0.39, 0.29) is 0 Å². The molecule has 0 aliphatic rings. The molecule has 2 aromatic carbocycles. The van der Waals surface area contributed by atoms with Crippen LogP contribution in [0.1, 0.15) is 11.1 Å². The molecule has 0 radical (unpaired) electrons. The van der Waals surface area contributed by atoms with E-state index in [9.17, 15) is 0 Å². The summed E-state index contributed by atoms with van der Waals surface area (Å²) in [5.41, 5.74) is 7.15. The molecule has 5 heteroatoms. The van der Waals surface area contributed by atoms with Crippen molar-refractivity contribution in [2.75, 3.05) is 38.8 Å². The van der Waals surface area contributed by atoms with Gasteiger partial charge in [0.05, 0.1) is 25.5 Å². The van der Waals surface area contributed by atoms with E-state index in [2.05, 4.69) is 72.8 Å². The first-order valence-corrected chi connectivity index (χ1v) is 9.61. The predicted molar refractivity (Wildman–Crippen MR) is 115 cm³/mol. The van der Waals surface area contributed by atoms with Crippen molar-refractivity contribution in [3.05, 3.63) is 59.7 Å². The van der Waals surface area contributed by atoms with Gasteiger partial charge in [-0.15, -0.1) is 0 Å². The average molecular weight is 380 g/mol. The highest BCUT2D eigenvalue weighted by Crippen LogP contribution is 2.26. The van der Waals surface area contributed by atoms with Gasteiger partial charge in [-0.3, -0.25) is 4.68 Å². The minimum atomic E-state index is 0.613. The number of aryl methyl sites for hydroxylation is 3. The molecule has 3 rings (SSSR count). The number of ether oxygens (including phenoxy) is 2. The van der Waals surface area contributed by atoms with Gasteiger partial charge in [-0.1, -0.05) is 42.5 Å². The number of anilines is 1. The normalized spacial score (nSPS) is 11.0. The lowest BCUT2D eigenvalue weighted by Crippen LogP contribution is -2.13. The number of methoxy groups -OCH3 is 1. The first kappa shape index (κ1) is 20.1. The molecule has 1 aromatic heterocycles. The maximum absolute atomic E-state index is 5.48. The van der Waals surface area contributed by atoms with E-state index in [1.165, 1.54) is 22.3 Å². The van der Waals surface area contributed by atoms with E-state index in [0.717, 1.165) is 23.6 Å². The molecule has 0 aliphatic heterocycles. The Labute approximate surface area is 167 Å². The molecule has 5 nitrogen and oxygen atoms in total. The summed E-state index contributed by atoms with van der Waals surface area (Å²) in [6.07, 6.45) is 0. The third-order valence-corrected chi connectivity index (χ3v) is 4.89. The fourth-order valence-electron chi connectivity index (χ4n) is 3.02. The van der Waals surface area contributed by atoms with Gasteiger partial charge in [-0.2, -0.15) is 5.10 Å². The molecular formula is C23H29N3O2. The van der Waals surface area contributed by atoms with Crippen LogP contribution in [-0.2, 0) is 16.5 Å². The van der Waals surface area contributed by atoms with Crippen molar-refractivity contribution >= 4 is 5.82 Å². The SMILES string of the molecule is COCCOCCNc1cc(-c2ccc(-c3ccc(C)c(C)c3)cc2)nn1C. The molecule has 0 saturated heterocycles. The zero-order valence-electron chi connectivity index (χ0n) is 17.2. The summed E-state index contributed by atoms with van der Waals surface area (Å²) >= 11 is 0. The van der Waals surface area contributed by atoms with Crippen molar-refractivity contribution in [1.82, 2.24) is 9.78 Å². The fraction of sp³-hybridized carbons (Fsp3) is 0.348. The second-order valence-electron chi connectivity index (χ2n) is 6.95.